The summed E-state index contributed by atoms with van der Waals surface area (Å²) < 4.78 is 28.1. The molecule has 6 nitrogen and oxygen atoms in total. The van der Waals surface area contributed by atoms with Crippen LogP contribution in [0.3, 0.4) is 0 Å². The summed E-state index contributed by atoms with van der Waals surface area (Å²) in [5.41, 5.74) is 1.69. The molecule has 174 valence electrons. The Morgan fingerprint density at radius 1 is 0.656 bits per heavy atom. The minimum atomic E-state index is -2.11. The Morgan fingerprint density at radius 2 is 0.969 bits per heavy atom. The molecule has 0 unspecified atom stereocenters. The van der Waals surface area contributed by atoms with E-state index in [2.05, 4.69) is 0 Å². The highest BCUT2D eigenvalue weighted by atomic mass is 19.1. The van der Waals surface area contributed by atoms with E-state index in [0.29, 0.717) is 11.1 Å². The normalized spacial score (nSPS) is 16.6. The lowest BCUT2D eigenvalue weighted by molar-refractivity contribution is -0.0996. The van der Waals surface area contributed by atoms with Crippen LogP contribution in [0.15, 0.2) is 35.8 Å². The van der Waals surface area contributed by atoms with E-state index >= 15 is 0 Å². The van der Waals surface area contributed by atoms with Crippen molar-refractivity contribution in [2.75, 3.05) is 0 Å². The molecule has 0 radical (unpaired) electrons. The van der Waals surface area contributed by atoms with E-state index in [1.807, 2.05) is 0 Å². The van der Waals surface area contributed by atoms with Gasteiger partial charge < -0.3 is 30.6 Å². The zero-order valence-electron chi connectivity index (χ0n) is 18.2. The molecule has 0 saturated heterocycles. The van der Waals surface area contributed by atoms with Crippen LogP contribution in [0, 0.1) is 39.3 Å². The van der Waals surface area contributed by atoms with Gasteiger partial charge in [0.2, 0.25) is 0 Å². The number of hydrogen-bond donors (Lipinski definition) is 6. The van der Waals surface area contributed by atoms with Gasteiger partial charge in [-0.05, 0) is 73.2 Å². The molecule has 32 heavy (non-hydrogen) atoms. The first-order valence-electron chi connectivity index (χ1n) is 9.91. The molecule has 0 saturated carbocycles. The van der Waals surface area contributed by atoms with Gasteiger partial charge in [-0.1, -0.05) is 24.3 Å². The molecule has 4 atom stereocenters. The number of aliphatic hydroxyl groups excluding tert-OH is 6. The van der Waals surface area contributed by atoms with Gasteiger partial charge in [0.25, 0.3) is 0 Å². The van der Waals surface area contributed by atoms with Gasteiger partial charge in [-0.2, -0.15) is 0 Å². The second-order valence-corrected chi connectivity index (χ2v) is 7.83. The number of aliphatic hydroxyl groups is 6. The van der Waals surface area contributed by atoms with Gasteiger partial charge in [0, 0.05) is 0 Å². The van der Waals surface area contributed by atoms with E-state index in [0.717, 1.165) is 12.2 Å². The van der Waals surface area contributed by atoms with Gasteiger partial charge in [-0.25, -0.2) is 8.78 Å². The first kappa shape index (κ1) is 25.5. The average molecular weight is 450 g/mol. The summed E-state index contributed by atoms with van der Waals surface area (Å²) in [5, 5.41) is 61.0. The highest BCUT2D eigenvalue weighted by Crippen LogP contribution is 2.23. The van der Waals surface area contributed by atoms with E-state index in [1.54, 1.807) is 13.8 Å². The van der Waals surface area contributed by atoms with Crippen LogP contribution in [-0.2, 0) is 0 Å². The van der Waals surface area contributed by atoms with Crippen molar-refractivity contribution in [2.24, 2.45) is 0 Å². The van der Waals surface area contributed by atoms with Crippen LogP contribution < -0.4 is 0 Å². The van der Waals surface area contributed by atoms with E-state index in [9.17, 15) is 39.4 Å². The Kier molecular flexibility index (Phi) is 8.14. The van der Waals surface area contributed by atoms with Crippen molar-refractivity contribution in [2.45, 2.75) is 52.1 Å². The van der Waals surface area contributed by atoms with E-state index in [-0.39, 0.29) is 22.3 Å². The zero-order chi connectivity index (χ0) is 24.3. The Hall–Kier alpha value is -2.78. The zero-order valence-corrected chi connectivity index (χ0v) is 18.2. The molecular weight excluding hydrogens is 422 g/mol. The molecule has 2 aromatic carbocycles. The molecule has 0 aliphatic heterocycles. The molecule has 0 amide bonds. The molecule has 0 fully saturated rings. The minimum Gasteiger partial charge on any atom is -0.509 e. The van der Waals surface area contributed by atoms with Crippen LogP contribution in [0.2, 0.25) is 0 Å². The number of aryl methyl sites for hydroxylation is 2. The largest absolute Gasteiger partial charge is 0.509 e. The number of rotatable bonds is 7. The highest BCUT2D eigenvalue weighted by Gasteiger charge is 2.34. The fourth-order valence-electron chi connectivity index (χ4n) is 3.20. The van der Waals surface area contributed by atoms with Gasteiger partial charge in [0.1, 0.15) is 47.6 Å². The van der Waals surface area contributed by atoms with Crippen LogP contribution in [0.4, 0.5) is 8.78 Å². The summed E-state index contributed by atoms with van der Waals surface area (Å²) in [6.07, 6.45) is -6.26. The maximum absolute atomic E-state index is 14.0. The lowest BCUT2D eigenvalue weighted by Crippen LogP contribution is -2.45. The number of benzene rings is 2. The Labute approximate surface area is 185 Å². The molecule has 8 heteroatoms. The smallest absolute Gasteiger partial charge is 0.139 e. The van der Waals surface area contributed by atoms with E-state index in [1.165, 1.54) is 38.1 Å². The lowest BCUT2D eigenvalue weighted by atomic mass is 9.97. The second-order valence-electron chi connectivity index (χ2n) is 7.83. The van der Waals surface area contributed by atoms with Crippen LogP contribution in [-0.4, -0.2) is 55.1 Å². The molecule has 0 spiro atoms. The average Bonchev–Trinajstić information content (AvgIpc) is 2.77. The summed E-state index contributed by atoms with van der Waals surface area (Å²) in [7, 11) is 0. The van der Waals surface area contributed by atoms with Crippen molar-refractivity contribution < 1.29 is 39.4 Å². The molecule has 0 aliphatic carbocycles. The molecule has 0 bridgehead atoms. The maximum atomic E-state index is 14.0. The number of hydrogen-bond acceptors (Lipinski definition) is 6. The molecule has 6 N–H and O–H groups in total. The molecular formula is C24H28F2O6. The summed E-state index contributed by atoms with van der Waals surface area (Å²) in [5.74, 6) is -2.55. The Bertz CT molecular complexity index is 964. The van der Waals surface area contributed by atoms with E-state index < -0.39 is 47.6 Å². The third-order valence-electron chi connectivity index (χ3n) is 5.45. The molecule has 0 aromatic heterocycles. The van der Waals surface area contributed by atoms with Gasteiger partial charge in [0.05, 0.1) is 0 Å². The van der Waals surface area contributed by atoms with Gasteiger partial charge in [-0.15, -0.1) is 0 Å². The van der Waals surface area contributed by atoms with E-state index in [4.69, 9.17) is 0 Å². The van der Waals surface area contributed by atoms with Gasteiger partial charge in [-0.3, -0.25) is 0 Å². The Morgan fingerprint density at radius 3 is 1.28 bits per heavy atom. The van der Waals surface area contributed by atoms with Crippen LogP contribution in [0.1, 0.15) is 33.4 Å². The van der Waals surface area contributed by atoms with Crippen LogP contribution in [0.25, 0.3) is 12.2 Å². The lowest BCUT2D eigenvalue weighted by Gasteiger charge is -2.26. The van der Waals surface area contributed by atoms with Crippen molar-refractivity contribution in [3.63, 3.8) is 0 Å². The van der Waals surface area contributed by atoms with Crippen molar-refractivity contribution in [1.82, 2.24) is 0 Å². The Balaban J connectivity index is 2.22. The summed E-state index contributed by atoms with van der Waals surface area (Å²) in [6.45, 7) is 6.08. The standard InChI is InChI=1S/C24H28F2O6/c1-11-5-7-15(13(3)19(11)25)9-17(27)21(29)23(31)24(32)22(30)18(28)10-16-8-6-12(2)20(26)14(16)4/h5-10,21-24,27-32H,1-4H3/t21-,22+,23-,24-/m1/s1. The quantitative estimate of drug-likeness (QED) is 0.361. The van der Waals surface area contributed by atoms with Crippen molar-refractivity contribution in [3.05, 3.63) is 80.8 Å². The van der Waals surface area contributed by atoms with Gasteiger partial charge >= 0.3 is 0 Å². The van der Waals surface area contributed by atoms with Crippen LogP contribution in [0.5, 0.6) is 0 Å². The fraction of sp³-hybridized carbons (Fsp3) is 0.333. The third-order valence-corrected chi connectivity index (χ3v) is 5.45. The van der Waals surface area contributed by atoms with Crippen molar-refractivity contribution in [1.29, 1.82) is 0 Å². The SMILES string of the molecule is Cc1ccc(C=C(O)[C@@H](O)[C@@H](O)[C@H](O)[C@@H](O)C(O)=Cc2ccc(C)c(F)c2C)c(C)c1F. The molecule has 0 aliphatic rings. The summed E-state index contributed by atoms with van der Waals surface area (Å²) in [6, 6.07) is 5.96. The minimum absolute atomic E-state index is 0.208. The van der Waals surface area contributed by atoms with Crippen molar-refractivity contribution in [3.8, 4) is 0 Å². The number of halogens is 2. The first-order valence-corrected chi connectivity index (χ1v) is 9.91. The predicted molar refractivity (Wildman–Crippen MR) is 117 cm³/mol. The monoisotopic (exact) mass is 450 g/mol. The predicted octanol–water partition coefficient (Wildman–Crippen LogP) is 3.14. The third kappa shape index (κ3) is 5.34. The second kappa shape index (κ2) is 10.2. The van der Waals surface area contributed by atoms with Crippen LogP contribution >= 0.6 is 0 Å². The fourth-order valence-corrected chi connectivity index (χ4v) is 3.20. The molecule has 2 rings (SSSR count). The summed E-state index contributed by atoms with van der Waals surface area (Å²) in [4.78, 5) is 0. The topological polar surface area (TPSA) is 121 Å². The van der Waals surface area contributed by atoms with Gasteiger partial charge in [0.15, 0.2) is 0 Å². The molecule has 0 heterocycles. The van der Waals surface area contributed by atoms with Crippen molar-refractivity contribution >= 4 is 12.2 Å². The maximum Gasteiger partial charge on any atom is 0.139 e. The highest BCUT2D eigenvalue weighted by molar-refractivity contribution is 5.58. The molecule has 2 aromatic rings. The summed E-state index contributed by atoms with van der Waals surface area (Å²) >= 11 is 0. The first-order chi connectivity index (χ1) is 14.9.